The van der Waals surface area contributed by atoms with Gasteiger partial charge in [-0.25, -0.2) is 0 Å². The van der Waals surface area contributed by atoms with Crippen molar-refractivity contribution < 1.29 is 0 Å². The molecule has 1 heterocycles. The number of benzene rings is 1. The average Bonchev–Trinajstić information content (AvgIpc) is 2.65. The zero-order valence-corrected chi connectivity index (χ0v) is 8.46. The van der Waals surface area contributed by atoms with Gasteiger partial charge in [0.2, 0.25) is 0 Å². The van der Waals surface area contributed by atoms with E-state index < -0.39 is 0 Å². The number of rotatable bonds is 1. The lowest BCUT2D eigenvalue weighted by atomic mass is 9.65. The summed E-state index contributed by atoms with van der Waals surface area (Å²) in [6.45, 7) is 0. The number of aromatic amines is 1. The molecule has 3 rings (SSSR count). The van der Waals surface area contributed by atoms with E-state index in [0.717, 1.165) is 18.4 Å². The first kappa shape index (κ1) is 8.55. The van der Waals surface area contributed by atoms with Crippen LogP contribution in [0.25, 0.3) is 10.9 Å². The first-order valence-corrected chi connectivity index (χ1v) is 5.34. The summed E-state index contributed by atoms with van der Waals surface area (Å²) in [5.74, 6) is 0. The van der Waals surface area contributed by atoms with Crippen molar-refractivity contribution in [2.45, 2.75) is 24.7 Å². The molecule has 1 aliphatic carbocycles. The van der Waals surface area contributed by atoms with Crippen LogP contribution < -0.4 is 0 Å². The maximum Gasteiger partial charge on any atom is 0.0829 e. The van der Waals surface area contributed by atoms with Gasteiger partial charge in [0.1, 0.15) is 0 Å². The summed E-state index contributed by atoms with van der Waals surface area (Å²) in [7, 11) is 0. The van der Waals surface area contributed by atoms with Crippen LogP contribution in [0.1, 0.15) is 24.8 Å². The molecule has 0 amide bonds. The first-order valence-electron chi connectivity index (χ1n) is 5.34. The zero-order valence-electron chi connectivity index (χ0n) is 8.46. The summed E-state index contributed by atoms with van der Waals surface area (Å²) in [5, 5.41) is 10.5. The van der Waals surface area contributed by atoms with Gasteiger partial charge in [-0.1, -0.05) is 12.1 Å². The number of nitriles is 1. The standard InChI is InChI=1S/C13H12N2/c14-9-13(6-2-7-13)11-3-1-4-12-10(11)5-8-15-12/h1,3-5,8,15H,2,6-7H2. The topological polar surface area (TPSA) is 39.6 Å². The SMILES string of the molecule is N#CC1(c2cccc3[nH]ccc23)CCC1. The third-order valence-electron chi connectivity index (χ3n) is 3.53. The van der Waals surface area contributed by atoms with E-state index in [1.807, 2.05) is 12.3 Å². The van der Waals surface area contributed by atoms with Crippen LogP contribution >= 0.6 is 0 Å². The molecule has 1 fully saturated rings. The summed E-state index contributed by atoms with van der Waals surface area (Å²) in [6.07, 6.45) is 5.13. The van der Waals surface area contributed by atoms with Crippen LogP contribution in [0.5, 0.6) is 0 Å². The van der Waals surface area contributed by atoms with Gasteiger partial charge in [-0.15, -0.1) is 0 Å². The molecule has 0 saturated heterocycles. The minimum absolute atomic E-state index is 0.207. The molecule has 2 nitrogen and oxygen atoms in total. The van der Waals surface area contributed by atoms with E-state index in [9.17, 15) is 5.26 Å². The largest absolute Gasteiger partial charge is 0.361 e. The third-order valence-corrected chi connectivity index (χ3v) is 3.53. The Morgan fingerprint density at radius 2 is 2.13 bits per heavy atom. The molecule has 0 atom stereocenters. The normalized spacial score (nSPS) is 18.3. The van der Waals surface area contributed by atoms with Crippen molar-refractivity contribution in [1.82, 2.24) is 4.98 Å². The van der Waals surface area contributed by atoms with Crippen molar-refractivity contribution in [3.63, 3.8) is 0 Å². The molecule has 0 unspecified atom stereocenters. The average molecular weight is 196 g/mol. The molecule has 74 valence electrons. The number of H-pyrrole nitrogens is 1. The highest BCUT2D eigenvalue weighted by Crippen LogP contribution is 2.45. The molecule has 1 saturated carbocycles. The predicted octanol–water partition coefficient (Wildman–Crippen LogP) is 3.11. The second kappa shape index (κ2) is 2.87. The maximum atomic E-state index is 9.33. The Labute approximate surface area is 88.5 Å². The van der Waals surface area contributed by atoms with Gasteiger partial charge in [0, 0.05) is 17.1 Å². The second-order valence-electron chi connectivity index (χ2n) is 4.29. The van der Waals surface area contributed by atoms with Gasteiger partial charge >= 0.3 is 0 Å². The molecule has 0 bridgehead atoms. The fraction of sp³-hybridized carbons (Fsp3) is 0.308. The molecular formula is C13H12N2. The zero-order chi connectivity index (χ0) is 10.3. The van der Waals surface area contributed by atoms with Gasteiger partial charge in [-0.2, -0.15) is 5.26 Å². The molecule has 0 spiro atoms. The van der Waals surface area contributed by atoms with Gasteiger partial charge in [0.05, 0.1) is 11.5 Å². The van der Waals surface area contributed by atoms with Gasteiger partial charge in [0.25, 0.3) is 0 Å². The van der Waals surface area contributed by atoms with E-state index in [4.69, 9.17) is 0 Å². The number of fused-ring (bicyclic) bond motifs is 1. The van der Waals surface area contributed by atoms with Crippen LogP contribution in [0.4, 0.5) is 0 Å². The maximum absolute atomic E-state index is 9.33. The highest BCUT2D eigenvalue weighted by molar-refractivity contribution is 5.84. The Morgan fingerprint density at radius 1 is 1.27 bits per heavy atom. The minimum Gasteiger partial charge on any atom is -0.361 e. The Balaban J connectivity index is 2.27. The fourth-order valence-corrected chi connectivity index (χ4v) is 2.47. The van der Waals surface area contributed by atoms with Gasteiger partial charge in [-0.3, -0.25) is 0 Å². The van der Waals surface area contributed by atoms with Crippen LogP contribution in [0.2, 0.25) is 0 Å². The summed E-state index contributed by atoms with van der Waals surface area (Å²) in [6, 6.07) is 10.8. The van der Waals surface area contributed by atoms with E-state index in [1.165, 1.54) is 17.4 Å². The molecule has 1 aliphatic rings. The molecule has 1 aromatic heterocycles. The Kier molecular flexibility index (Phi) is 1.63. The quantitative estimate of drug-likeness (QED) is 0.747. The molecule has 2 aromatic rings. The lowest BCUT2D eigenvalue weighted by Gasteiger charge is -2.36. The van der Waals surface area contributed by atoms with E-state index in [2.05, 4.69) is 29.3 Å². The molecule has 0 aliphatic heterocycles. The fourth-order valence-electron chi connectivity index (χ4n) is 2.47. The molecule has 15 heavy (non-hydrogen) atoms. The van der Waals surface area contributed by atoms with Gasteiger partial charge < -0.3 is 4.98 Å². The highest BCUT2D eigenvalue weighted by Gasteiger charge is 2.39. The number of hydrogen-bond donors (Lipinski definition) is 1. The van der Waals surface area contributed by atoms with Crippen molar-refractivity contribution in [3.8, 4) is 6.07 Å². The minimum atomic E-state index is -0.207. The third kappa shape index (κ3) is 1.04. The smallest absolute Gasteiger partial charge is 0.0829 e. The number of nitrogens with zero attached hydrogens (tertiary/aromatic N) is 1. The lowest BCUT2D eigenvalue weighted by Crippen LogP contribution is -2.32. The predicted molar refractivity (Wildman–Crippen MR) is 59.4 cm³/mol. The number of aromatic nitrogens is 1. The number of hydrogen-bond acceptors (Lipinski definition) is 1. The van der Waals surface area contributed by atoms with Crippen molar-refractivity contribution >= 4 is 10.9 Å². The van der Waals surface area contributed by atoms with Crippen molar-refractivity contribution in [2.24, 2.45) is 0 Å². The van der Waals surface area contributed by atoms with Gasteiger partial charge in [-0.05, 0) is 37.0 Å². The Hall–Kier alpha value is -1.75. The van der Waals surface area contributed by atoms with Crippen molar-refractivity contribution in [3.05, 3.63) is 36.0 Å². The van der Waals surface area contributed by atoms with E-state index >= 15 is 0 Å². The molecule has 0 radical (unpaired) electrons. The van der Waals surface area contributed by atoms with Crippen LogP contribution in [0.3, 0.4) is 0 Å². The van der Waals surface area contributed by atoms with Crippen LogP contribution in [-0.4, -0.2) is 4.98 Å². The Bertz CT molecular complexity index is 541. The molecule has 2 heteroatoms. The summed E-state index contributed by atoms with van der Waals surface area (Å²) in [5.41, 5.74) is 2.13. The van der Waals surface area contributed by atoms with Crippen LogP contribution in [-0.2, 0) is 5.41 Å². The molecule has 1 aromatic carbocycles. The van der Waals surface area contributed by atoms with Crippen LogP contribution in [0.15, 0.2) is 30.5 Å². The van der Waals surface area contributed by atoms with Crippen molar-refractivity contribution in [1.29, 1.82) is 5.26 Å². The molecular weight excluding hydrogens is 184 g/mol. The van der Waals surface area contributed by atoms with Gasteiger partial charge in [0.15, 0.2) is 0 Å². The number of nitrogens with one attached hydrogen (secondary N) is 1. The Morgan fingerprint density at radius 3 is 2.80 bits per heavy atom. The van der Waals surface area contributed by atoms with E-state index in [1.54, 1.807) is 0 Å². The molecule has 1 N–H and O–H groups in total. The second-order valence-corrected chi connectivity index (χ2v) is 4.29. The van der Waals surface area contributed by atoms with Crippen LogP contribution in [0, 0.1) is 11.3 Å². The summed E-state index contributed by atoms with van der Waals surface area (Å²) >= 11 is 0. The monoisotopic (exact) mass is 196 g/mol. The first-order chi connectivity index (χ1) is 7.36. The van der Waals surface area contributed by atoms with E-state index in [-0.39, 0.29) is 5.41 Å². The highest BCUT2D eigenvalue weighted by atomic mass is 14.7. The van der Waals surface area contributed by atoms with Crippen molar-refractivity contribution in [2.75, 3.05) is 0 Å². The lowest BCUT2D eigenvalue weighted by molar-refractivity contribution is 0.326. The summed E-state index contributed by atoms with van der Waals surface area (Å²) in [4.78, 5) is 3.19. The summed E-state index contributed by atoms with van der Waals surface area (Å²) < 4.78 is 0. The van der Waals surface area contributed by atoms with E-state index in [0.29, 0.717) is 0 Å².